The molecule has 0 spiro atoms. The van der Waals surface area contributed by atoms with Crippen LogP contribution in [0.3, 0.4) is 0 Å². The Labute approximate surface area is 228 Å². The predicted octanol–water partition coefficient (Wildman–Crippen LogP) is 5.14. The molecule has 0 aromatic heterocycles. The molecule has 1 atom stereocenters. The van der Waals surface area contributed by atoms with Gasteiger partial charge in [-0.3, -0.25) is 4.79 Å². The summed E-state index contributed by atoms with van der Waals surface area (Å²) in [5.74, 6) is 0.0903. The zero-order valence-electron chi connectivity index (χ0n) is 21.5. The van der Waals surface area contributed by atoms with Crippen LogP contribution in [-0.2, 0) is 21.1 Å². The number of anilines is 2. The maximum Gasteiger partial charge on any atom is 0.320 e. The quantitative estimate of drug-likeness (QED) is 0.271. The van der Waals surface area contributed by atoms with Gasteiger partial charge in [-0.25, -0.2) is 13.2 Å². The highest BCUT2D eigenvalue weighted by molar-refractivity contribution is 7.90. The van der Waals surface area contributed by atoms with E-state index in [0.717, 1.165) is 5.56 Å². The van der Waals surface area contributed by atoms with E-state index in [1.54, 1.807) is 72.8 Å². The Bertz CT molecular complexity index is 1560. The monoisotopic (exact) mass is 543 g/mol. The standard InChI is InChI=1S/C30H29N3O5S/c1-38-27-14-8-7-13-25(27)32-30(35)33-26(20-21-10-4-3-5-11-21)29(34)31-23-18-16-22(17-19-23)24-12-6-9-15-28(24)39(2,36)37/h3-19,26H,20H2,1-2H3,(H,31,34)(H2,32,33,35). The van der Waals surface area contributed by atoms with E-state index in [0.29, 0.717) is 28.3 Å². The van der Waals surface area contributed by atoms with E-state index in [-0.39, 0.29) is 11.3 Å². The summed E-state index contributed by atoms with van der Waals surface area (Å²) in [5.41, 5.74) is 3.13. The fraction of sp³-hybridized carbons (Fsp3) is 0.133. The number of urea groups is 1. The van der Waals surface area contributed by atoms with Crippen LogP contribution in [0.15, 0.2) is 108 Å². The van der Waals surface area contributed by atoms with Crippen LogP contribution in [0.4, 0.5) is 16.2 Å². The lowest BCUT2D eigenvalue weighted by molar-refractivity contribution is -0.117. The normalized spacial score (nSPS) is 11.7. The van der Waals surface area contributed by atoms with Gasteiger partial charge in [0.15, 0.2) is 9.84 Å². The average molecular weight is 544 g/mol. The fourth-order valence-corrected chi connectivity index (χ4v) is 5.03. The Kier molecular flexibility index (Phi) is 8.63. The Balaban J connectivity index is 1.51. The minimum atomic E-state index is -3.41. The van der Waals surface area contributed by atoms with Crippen LogP contribution >= 0.6 is 0 Å². The maximum atomic E-state index is 13.3. The van der Waals surface area contributed by atoms with Crippen molar-refractivity contribution in [1.29, 1.82) is 0 Å². The number of rotatable bonds is 9. The zero-order chi connectivity index (χ0) is 27.8. The van der Waals surface area contributed by atoms with Crippen LogP contribution in [0.2, 0.25) is 0 Å². The lowest BCUT2D eigenvalue weighted by Crippen LogP contribution is -2.47. The minimum Gasteiger partial charge on any atom is -0.495 e. The molecule has 0 bridgehead atoms. The number of sulfone groups is 1. The molecule has 1 unspecified atom stereocenters. The van der Waals surface area contributed by atoms with Crippen molar-refractivity contribution in [3.05, 3.63) is 109 Å². The largest absolute Gasteiger partial charge is 0.495 e. The third-order valence-corrected chi connectivity index (χ3v) is 7.16. The van der Waals surface area contributed by atoms with Crippen molar-refractivity contribution in [3.8, 4) is 16.9 Å². The van der Waals surface area contributed by atoms with Crippen LogP contribution in [0, 0.1) is 0 Å². The molecule has 4 rings (SSSR count). The van der Waals surface area contributed by atoms with Crippen molar-refractivity contribution in [1.82, 2.24) is 5.32 Å². The molecular weight excluding hydrogens is 514 g/mol. The molecule has 4 aromatic carbocycles. The molecule has 0 saturated carbocycles. The van der Waals surface area contributed by atoms with Crippen LogP contribution in [0.1, 0.15) is 5.56 Å². The van der Waals surface area contributed by atoms with E-state index in [4.69, 9.17) is 4.74 Å². The predicted molar refractivity (Wildman–Crippen MR) is 153 cm³/mol. The van der Waals surface area contributed by atoms with Gasteiger partial charge in [-0.05, 0) is 41.5 Å². The first-order chi connectivity index (χ1) is 18.7. The number of amides is 3. The SMILES string of the molecule is COc1ccccc1NC(=O)NC(Cc1ccccc1)C(=O)Nc1ccc(-c2ccccc2S(C)(=O)=O)cc1. The molecule has 9 heteroatoms. The molecular formula is C30H29N3O5S. The second kappa shape index (κ2) is 12.3. The molecule has 4 aromatic rings. The topological polar surface area (TPSA) is 114 Å². The van der Waals surface area contributed by atoms with E-state index in [1.165, 1.54) is 13.4 Å². The summed E-state index contributed by atoms with van der Waals surface area (Å²) in [6, 6.07) is 28.6. The molecule has 0 aliphatic heterocycles. The summed E-state index contributed by atoms with van der Waals surface area (Å²) >= 11 is 0. The molecule has 0 heterocycles. The minimum absolute atomic E-state index is 0.231. The number of ether oxygens (including phenoxy) is 1. The molecule has 0 radical (unpaired) electrons. The fourth-order valence-electron chi connectivity index (χ4n) is 4.11. The number of benzene rings is 4. The second-order valence-corrected chi connectivity index (χ2v) is 10.9. The zero-order valence-corrected chi connectivity index (χ0v) is 22.4. The van der Waals surface area contributed by atoms with Gasteiger partial charge in [0.2, 0.25) is 5.91 Å². The van der Waals surface area contributed by atoms with Crippen molar-refractivity contribution >= 4 is 33.2 Å². The van der Waals surface area contributed by atoms with Crippen LogP contribution < -0.4 is 20.7 Å². The Morgan fingerprint density at radius 2 is 1.44 bits per heavy atom. The number of methoxy groups -OCH3 is 1. The Morgan fingerprint density at radius 3 is 2.13 bits per heavy atom. The Morgan fingerprint density at radius 1 is 0.795 bits per heavy atom. The molecule has 8 nitrogen and oxygen atoms in total. The van der Waals surface area contributed by atoms with Crippen molar-refractivity contribution in [2.75, 3.05) is 24.0 Å². The highest BCUT2D eigenvalue weighted by Gasteiger charge is 2.22. The summed E-state index contributed by atoms with van der Waals surface area (Å²) in [6.07, 6.45) is 1.44. The van der Waals surface area contributed by atoms with Gasteiger partial charge in [0.1, 0.15) is 11.8 Å². The van der Waals surface area contributed by atoms with E-state index >= 15 is 0 Å². The molecule has 200 valence electrons. The number of para-hydroxylation sites is 2. The van der Waals surface area contributed by atoms with Gasteiger partial charge in [-0.1, -0.05) is 72.8 Å². The van der Waals surface area contributed by atoms with Crippen LogP contribution in [0.5, 0.6) is 5.75 Å². The molecule has 0 aliphatic carbocycles. The molecule has 3 N–H and O–H groups in total. The van der Waals surface area contributed by atoms with E-state index in [1.807, 2.05) is 30.3 Å². The first kappa shape index (κ1) is 27.4. The van der Waals surface area contributed by atoms with Crippen molar-refractivity contribution in [2.24, 2.45) is 0 Å². The number of hydrogen-bond acceptors (Lipinski definition) is 5. The first-order valence-electron chi connectivity index (χ1n) is 12.2. The summed E-state index contributed by atoms with van der Waals surface area (Å²) in [5, 5.41) is 8.35. The highest BCUT2D eigenvalue weighted by Crippen LogP contribution is 2.28. The number of carbonyl (C=O) groups excluding carboxylic acids is 2. The molecule has 39 heavy (non-hydrogen) atoms. The smallest absolute Gasteiger partial charge is 0.320 e. The van der Waals surface area contributed by atoms with Gasteiger partial charge >= 0.3 is 6.03 Å². The molecule has 3 amide bonds. The lowest BCUT2D eigenvalue weighted by atomic mass is 10.0. The van der Waals surface area contributed by atoms with Gasteiger partial charge in [-0.2, -0.15) is 0 Å². The number of carbonyl (C=O) groups is 2. The summed E-state index contributed by atoms with van der Waals surface area (Å²) in [6.45, 7) is 0. The van der Waals surface area contributed by atoms with Gasteiger partial charge in [0.25, 0.3) is 0 Å². The highest BCUT2D eigenvalue weighted by atomic mass is 32.2. The third kappa shape index (κ3) is 7.24. The third-order valence-electron chi connectivity index (χ3n) is 6.01. The van der Waals surface area contributed by atoms with Crippen LogP contribution in [0.25, 0.3) is 11.1 Å². The van der Waals surface area contributed by atoms with Crippen molar-refractivity contribution < 1.29 is 22.7 Å². The lowest BCUT2D eigenvalue weighted by Gasteiger charge is -2.20. The van der Waals surface area contributed by atoms with Crippen molar-refractivity contribution in [2.45, 2.75) is 17.4 Å². The molecule has 0 saturated heterocycles. The molecule has 0 aliphatic rings. The van der Waals surface area contributed by atoms with E-state index in [2.05, 4.69) is 16.0 Å². The van der Waals surface area contributed by atoms with Gasteiger partial charge in [-0.15, -0.1) is 0 Å². The van der Waals surface area contributed by atoms with E-state index < -0.39 is 27.8 Å². The van der Waals surface area contributed by atoms with Gasteiger partial charge in [0.05, 0.1) is 17.7 Å². The van der Waals surface area contributed by atoms with Gasteiger partial charge < -0.3 is 20.7 Å². The summed E-state index contributed by atoms with van der Waals surface area (Å²) in [4.78, 5) is 26.4. The number of hydrogen-bond donors (Lipinski definition) is 3. The maximum absolute atomic E-state index is 13.3. The van der Waals surface area contributed by atoms with Crippen molar-refractivity contribution in [3.63, 3.8) is 0 Å². The summed E-state index contributed by atoms with van der Waals surface area (Å²) < 4.78 is 29.7. The van der Waals surface area contributed by atoms with E-state index in [9.17, 15) is 18.0 Å². The number of nitrogens with one attached hydrogen (secondary N) is 3. The van der Waals surface area contributed by atoms with Crippen LogP contribution in [-0.4, -0.2) is 39.8 Å². The average Bonchev–Trinajstić information content (AvgIpc) is 2.93. The Hall–Kier alpha value is -4.63. The second-order valence-electron chi connectivity index (χ2n) is 8.88. The first-order valence-corrected chi connectivity index (χ1v) is 14.1. The molecule has 0 fully saturated rings. The van der Waals surface area contributed by atoms with Gasteiger partial charge in [0, 0.05) is 23.9 Å². The summed E-state index contributed by atoms with van der Waals surface area (Å²) in [7, 11) is -1.91.